The van der Waals surface area contributed by atoms with Crippen LogP contribution in [0.25, 0.3) is 0 Å². The van der Waals surface area contributed by atoms with Gasteiger partial charge >= 0.3 is 0 Å². The average Bonchev–Trinajstić information content (AvgIpc) is 1.89. The smallest absolute Gasteiger partial charge is 0.0431 e. The molecule has 0 aromatic carbocycles. The summed E-state index contributed by atoms with van der Waals surface area (Å²) >= 11 is 0. The van der Waals surface area contributed by atoms with Crippen molar-refractivity contribution in [2.24, 2.45) is 5.73 Å². The Hall–Kier alpha value is -0.120. The van der Waals surface area contributed by atoms with Crippen LogP contribution in [0.3, 0.4) is 0 Å². The van der Waals surface area contributed by atoms with Crippen molar-refractivity contribution in [3.8, 4) is 0 Å². The first-order valence-electron chi connectivity index (χ1n) is 3.44. The van der Waals surface area contributed by atoms with Crippen LogP contribution in [0.5, 0.6) is 0 Å². The molecule has 0 aliphatic carbocycles. The molecule has 0 saturated heterocycles. The van der Waals surface area contributed by atoms with E-state index in [0.29, 0.717) is 0 Å². The van der Waals surface area contributed by atoms with E-state index in [1.807, 2.05) is 0 Å². The van der Waals surface area contributed by atoms with Gasteiger partial charge in [-0.05, 0) is 6.42 Å². The molecule has 3 N–H and O–H groups in total. The maximum absolute atomic E-state index is 9.85. The molecule has 0 aliphatic heterocycles. The van der Waals surface area contributed by atoms with Crippen molar-refractivity contribution in [1.29, 1.82) is 0 Å². The second-order valence-corrected chi connectivity index (χ2v) is 2.22. The third-order valence-electron chi connectivity index (χ3n) is 1.27. The third-order valence-corrected chi connectivity index (χ3v) is 1.27. The van der Waals surface area contributed by atoms with Gasteiger partial charge in [-0.15, -0.1) is 0 Å². The molecule has 0 aromatic heterocycles. The molecule has 56 valence electrons. The van der Waals surface area contributed by atoms with Gasteiger partial charge < -0.3 is 16.4 Å². The van der Waals surface area contributed by atoms with Gasteiger partial charge in [0.05, 0.1) is 0 Å². The Kier molecular flexibility index (Phi) is 5.93. The van der Waals surface area contributed by atoms with Gasteiger partial charge in [-0.3, -0.25) is 0 Å². The van der Waals surface area contributed by atoms with Crippen molar-refractivity contribution in [2.75, 3.05) is 0 Å². The normalized spacial score (nSPS) is 13.7. The first kappa shape index (κ1) is 8.88. The molecule has 0 aliphatic rings. The summed E-state index contributed by atoms with van der Waals surface area (Å²) in [7, 11) is 0. The van der Waals surface area contributed by atoms with E-state index in [0.717, 1.165) is 19.3 Å². The van der Waals surface area contributed by atoms with Crippen molar-refractivity contribution < 1.29 is 0 Å². The van der Waals surface area contributed by atoms with E-state index < -0.39 is 0 Å². The Morgan fingerprint density at radius 3 is 2.67 bits per heavy atom. The number of hydrogen-bond donors (Lipinski definition) is 2. The lowest BCUT2D eigenvalue weighted by molar-refractivity contribution is 0.523. The van der Waals surface area contributed by atoms with Gasteiger partial charge in [0.2, 0.25) is 0 Å². The number of nitrogens with one attached hydrogen (secondary N) is 1. The number of nitrogens with two attached hydrogens (primary N) is 1. The zero-order chi connectivity index (χ0) is 7.11. The van der Waals surface area contributed by atoms with Crippen LogP contribution in [0.1, 0.15) is 32.6 Å². The van der Waals surface area contributed by atoms with Gasteiger partial charge in [-0.25, -0.2) is 0 Å². The van der Waals surface area contributed by atoms with E-state index in [2.05, 4.69) is 6.92 Å². The molecule has 0 amide bonds. The van der Waals surface area contributed by atoms with Crippen molar-refractivity contribution >= 4 is 0 Å². The first-order chi connectivity index (χ1) is 4.31. The summed E-state index contributed by atoms with van der Waals surface area (Å²) in [5.74, 6) is 0. The molecule has 1 unspecified atom stereocenters. The van der Waals surface area contributed by atoms with Crippen molar-refractivity contribution in [1.82, 2.24) is 5.48 Å². The second-order valence-electron chi connectivity index (χ2n) is 2.22. The molecule has 0 aromatic rings. The minimum absolute atomic E-state index is 0.350. The standard InChI is InChI=1S/C6H15N2O/c1-2-3-4-5-6(7)8-9/h6,8H,2-5,7H2,1H3/q-1. The number of unbranched alkanes of at least 4 members (excludes halogenated alkanes) is 2. The molecule has 0 heterocycles. The van der Waals surface area contributed by atoms with Gasteiger partial charge in [0, 0.05) is 6.17 Å². The Morgan fingerprint density at radius 1 is 1.56 bits per heavy atom. The predicted octanol–water partition coefficient (Wildman–Crippen LogP) is 0.939. The van der Waals surface area contributed by atoms with E-state index in [4.69, 9.17) is 5.73 Å². The van der Waals surface area contributed by atoms with Gasteiger partial charge in [0.1, 0.15) is 0 Å². The van der Waals surface area contributed by atoms with E-state index in [1.165, 1.54) is 6.42 Å². The van der Waals surface area contributed by atoms with E-state index in [1.54, 1.807) is 5.48 Å². The lowest BCUT2D eigenvalue weighted by Crippen LogP contribution is -2.32. The summed E-state index contributed by atoms with van der Waals surface area (Å²) in [6.07, 6.45) is 3.82. The molecule has 0 radical (unpaired) electrons. The fourth-order valence-electron chi connectivity index (χ4n) is 0.673. The zero-order valence-corrected chi connectivity index (χ0v) is 5.89. The molecule has 3 heteroatoms. The second kappa shape index (κ2) is 6.01. The highest BCUT2D eigenvalue weighted by Crippen LogP contribution is 1.98. The Bertz CT molecular complexity index is 59.0. The van der Waals surface area contributed by atoms with Gasteiger partial charge in [-0.2, -0.15) is 0 Å². The minimum Gasteiger partial charge on any atom is -0.787 e. The number of hydroxylamine groups is 1. The molecule has 0 spiro atoms. The topological polar surface area (TPSA) is 61.1 Å². The quantitative estimate of drug-likeness (QED) is 0.331. The Morgan fingerprint density at radius 2 is 2.22 bits per heavy atom. The largest absolute Gasteiger partial charge is 0.787 e. The van der Waals surface area contributed by atoms with Crippen LogP contribution < -0.4 is 11.2 Å². The fraction of sp³-hybridized carbons (Fsp3) is 1.00. The van der Waals surface area contributed by atoms with Crippen LogP contribution in [-0.2, 0) is 0 Å². The maximum Gasteiger partial charge on any atom is 0.0431 e. The van der Waals surface area contributed by atoms with Crippen LogP contribution in [-0.4, -0.2) is 6.17 Å². The minimum atomic E-state index is -0.350. The fourth-order valence-corrected chi connectivity index (χ4v) is 0.673. The van der Waals surface area contributed by atoms with Crippen molar-refractivity contribution in [3.05, 3.63) is 5.21 Å². The summed E-state index contributed by atoms with van der Waals surface area (Å²) in [5.41, 5.74) is 7.04. The maximum atomic E-state index is 9.85. The van der Waals surface area contributed by atoms with Crippen LogP contribution in [0.2, 0.25) is 0 Å². The summed E-state index contributed by atoms with van der Waals surface area (Å²) in [6, 6.07) is 0. The third kappa shape index (κ3) is 5.76. The van der Waals surface area contributed by atoms with Crippen LogP contribution in [0.15, 0.2) is 0 Å². The molecular formula is C6H15N2O-. The average molecular weight is 131 g/mol. The Labute approximate surface area is 56.2 Å². The van der Waals surface area contributed by atoms with Gasteiger partial charge in [-0.1, -0.05) is 26.2 Å². The summed E-state index contributed by atoms with van der Waals surface area (Å²) in [4.78, 5) is 0. The molecule has 3 nitrogen and oxygen atoms in total. The van der Waals surface area contributed by atoms with E-state index in [-0.39, 0.29) is 6.17 Å². The monoisotopic (exact) mass is 131 g/mol. The zero-order valence-electron chi connectivity index (χ0n) is 5.89. The van der Waals surface area contributed by atoms with Crippen molar-refractivity contribution in [2.45, 2.75) is 38.8 Å². The van der Waals surface area contributed by atoms with Crippen LogP contribution >= 0.6 is 0 Å². The summed E-state index contributed by atoms with van der Waals surface area (Å²) in [5, 5.41) is 9.85. The number of hydrogen-bond acceptors (Lipinski definition) is 3. The van der Waals surface area contributed by atoms with Crippen molar-refractivity contribution in [3.63, 3.8) is 0 Å². The molecule has 9 heavy (non-hydrogen) atoms. The SMILES string of the molecule is CCCCCC(N)N[O-]. The lowest BCUT2D eigenvalue weighted by Gasteiger charge is -2.16. The molecular weight excluding hydrogens is 116 g/mol. The molecule has 0 rings (SSSR count). The number of rotatable bonds is 5. The Balaban J connectivity index is 2.88. The van der Waals surface area contributed by atoms with Crippen LogP contribution in [0.4, 0.5) is 0 Å². The van der Waals surface area contributed by atoms with Gasteiger partial charge in [0.15, 0.2) is 0 Å². The summed E-state index contributed by atoms with van der Waals surface area (Å²) in [6.45, 7) is 2.12. The first-order valence-corrected chi connectivity index (χ1v) is 3.44. The highest BCUT2D eigenvalue weighted by Gasteiger charge is 1.92. The molecule has 0 saturated carbocycles. The molecule has 0 bridgehead atoms. The van der Waals surface area contributed by atoms with Gasteiger partial charge in [0.25, 0.3) is 0 Å². The highest BCUT2D eigenvalue weighted by atomic mass is 16.5. The predicted molar refractivity (Wildman–Crippen MR) is 38.6 cm³/mol. The van der Waals surface area contributed by atoms with E-state index >= 15 is 0 Å². The summed E-state index contributed by atoms with van der Waals surface area (Å²) < 4.78 is 0. The lowest BCUT2D eigenvalue weighted by atomic mass is 10.2. The highest BCUT2D eigenvalue weighted by molar-refractivity contribution is 4.57. The van der Waals surface area contributed by atoms with E-state index in [9.17, 15) is 5.21 Å². The molecule has 0 fully saturated rings. The molecule has 1 atom stereocenters. The van der Waals surface area contributed by atoms with Crippen LogP contribution in [0, 0.1) is 5.21 Å².